The fourth-order valence-electron chi connectivity index (χ4n) is 0. The summed E-state index contributed by atoms with van der Waals surface area (Å²) in [5.74, 6) is 0. The van der Waals surface area contributed by atoms with Gasteiger partial charge in [-0.3, -0.25) is 0 Å². The summed E-state index contributed by atoms with van der Waals surface area (Å²) in [7, 11) is 17.4. The summed E-state index contributed by atoms with van der Waals surface area (Å²) in [6, 6.07) is 0. The fraction of sp³-hybridized carbons (Fsp3) is 1.00. The van der Waals surface area contributed by atoms with Crippen LogP contribution in [0.4, 0.5) is 0 Å². The van der Waals surface area contributed by atoms with E-state index in [-0.39, 0.29) is 37.3 Å². The van der Waals surface area contributed by atoms with Crippen LogP contribution in [0.15, 0.2) is 0 Å². The Morgan fingerprint density at radius 1 is 0.714 bits per heavy atom. The van der Waals surface area contributed by atoms with E-state index in [9.17, 15) is 0 Å². The molecule has 0 saturated heterocycles. The maximum atomic E-state index is 4.34. The second kappa shape index (κ2) is 24.0. The molecule has 0 amide bonds. The molecule has 0 aliphatic heterocycles. The van der Waals surface area contributed by atoms with Gasteiger partial charge in [0.25, 0.3) is 0 Å². The van der Waals surface area contributed by atoms with Crippen LogP contribution in [-0.2, 0) is 29.8 Å². The van der Waals surface area contributed by atoms with Gasteiger partial charge in [0.2, 0.25) is 0 Å². The Morgan fingerprint density at radius 3 is 0.714 bits per heavy atom. The van der Waals surface area contributed by atoms with Gasteiger partial charge in [-0.2, -0.15) is 0 Å². The average molecular weight is 336 g/mol. The van der Waals surface area contributed by atoms with Gasteiger partial charge < -0.3 is 0 Å². The van der Waals surface area contributed by atoms with Crippen molar-refractivity contribution >= 4 is 39.3 Å². The molecule has 0 spiro atoms. The third-order valence-corrected chi connectivity index (χ3v) is 0. The number of hydrogen-bond acceptors (Lipinski definition) is 4. The van der Waals surface area contributed by atoms with E-state index in [2.05, 4.69) is 39.3 Å². The van der Waals surface area contributed by atoms with Crippen LogP contribution in [0.1, 0.15) is 7.43 Å². The average Bonchev–Trinajstić information content (AvgIpc) is 1.39. The summed E-state index contributed by atoms with van der Waals surface area (Å²) in [5, 5.41) is 0. The van der Waals surface area contributed by atoms with Crippen LogP contribution < -0.4 is 0 Å². The molecule has 7 heavy (non-hydrogen) atoms. The summed E-state index contributed by atoms with van der Waals surface area (Å²) in [6.45, 7) is 0. The van der Waals surface area contributed by atoms with Crippen molar-refractivity contribution in [1.82, 2.24) is 0 Å². The van der Waals surface area contributed by atoms with Gasteiger partial charge in [-0.15, -0.1) is 0 Å². The van der Waals surface area contributed by atoms with E-state index in [1.807, 2.05) is 0 Å². The van der Waals surface area contributed by atoms with E-state index >= 15 is 0 Å². The van der Waals surface area contributed by atoms with Gasteiger partial charge >= 0.3 is 69.1 Å². The Kier molecular flexibility index (Phi) is 55.3. The molecule has 0 nitrogen and oxygen atoms in total. The molecule has 0 aromatic rings. The Balaban J connectivity index is -0.0000000400. The zero-order valence-electron chi connectivity index (χ0n) is 2.45. The zero-order valence-corrected chi connectivity index (χ0v) is 9.73. The van der Waals surface area contributed by atoms with E-state index < -0.39 is 0 Å². The van der Waals surface area contributed by atoms with E-state index in [0.717, 1.165) is 0 Å². The number of rotatable bonds is 0. The summed E-state index contributed by atoms with van der Waals surface area (Å²) in [5.41, 5.74) is 0. The molecular formula is CH4Mo2S4. The first-order chi connectivity index (χ1) is 2.83. The molecule has 0 fully saturated rings. The third-order valence-electron chi connectivity index (χ3n) is 0. The predicted octanol–water partition coefficient (Wildman–Crippen LogP) is 3.22. The van der Waals surface area contributed by atoms with Crippen LogP contribution in [-0.4, -0.2) is 0 Å². The molecule has 44 valence electrons. The molecular weight excluding hydrogens is 332 g/mol. The molecule has 0 unspecified atom stereocenters. The van der Waals surface area contributed by atoms with Gasteiger partial charge in [-0.05, 0) is 0 Å². The van der Waals surface area contributed by atoms with Gasteiger partial charge in [-0.1, -0.05) is 7.43 Å². The molecule has 0 atom stereocenters. The first-order valence-electron chi connectivity index (χ1n) is 0.667. The molecule has 0 saturated carbocycles. The SMILES string of the molecule is C.[S]=[Mo]=[S].[S]=[Mo]=[S]. The van der Waals surface area contributed by atoms with Crippen LogP contribution in [0.25, 0.3) is 0 Å². The molecule has 0 aromatic heterocycles. The molecule has 0 radical (unpaired) electrons. The fourth-order valence-corrected chi connectivity index (χ4v) is 0. The topological polar surface area (TPSA) is 0 Å². The van der Waals surface area contributed by atoms with Crippen molar-refractivity contribution in [3.63, 3.8) is 0 Å². The molecule has 6 heteroatoms. The van der Waals surface area contributed by atoms with E-state index in [0.29, 0.717) is 0 Å². The summed E-state index contributed by atoms with van der Waals surface area (Å²) in [6.07, 6.45) is 0. The molecule has 0 N–H and O–H groups in total. The van der Waals surface area contributed by atoms with Crippen molar-refractivity contribution < 1.29 is 29.8 Å². The standard InChI is InChI=1S/CH4.2Mo.4S/h1H4;;;;;;. The summed E-state index contributed by atoms with van der Waals surface area (Å²) < 4.78 is 0. The van der Waals surface area contributed by atoms with Crippen LogP contribution in [0.3, 0.4) is 0 Å². The van der Waals surface area contributed by atoms with Gasteiger partial charge in [0, 0.05) is 0 Å². The molecule has 0 heterocycles. The Bertz CT molecular complexity index is 63.7. The Labute approximate surface area is 75.3 Å². The van der Waals surface area contributed by atoms with Crippen molar-refractivity contribution in [1.29, 1.82) is 0 Å². The molecule has 0 bridgehead atoms. The first-order valence-corrected chi connectivity index (χ1v) is 11.8. The van der Waals surface area contributed by atoms with Gasteiger partial charge in [0.05, 0.1) is 0 Å². The first kappa shape index (κ1) is 16.1. The van der Waals surface area contributed by atoms with Gasteiger partial charge in [0.1, 0.15) is 0 Å². The van der Waals surface area contributed by atoms with Crippen molar-refractivity contribution in [2.45, 2.75) is 7.43 Å². The van der Waals surface area contributed by atoms with Gasteiger partial charge in [-0.25, -0.2) is 0 Å². The third kappa shape index (κ3) is 63.5. The van der Waals surface area contributed by atoms with E-state index in [4.69, 9.17) is 0 Å². The van der Waals surface area contributed by atoms with Crippen LogP contribution in [0, 0.1) is 0 Å². The van der Waals surface area contributed by atoms with Crippen LogP contribution in [0.2, 0.25) is 0 Å². The normalized spacial score (nSPS) is 3.43. The molecule has 0 rings (SSSR count). The molecule has 0 aliphatic carbocycles. The quantitative estimate of drug-likeness (QED) is 0.623. The van der Waals surface area contributed by atoms with E-state index in [1.54, 1.807) is 0 Å². The molecule has 0 aromatic carbocycles. The maximum absolute atomic E-state index is 4.34. The van der Waals surface area contributed by atoms with Gasteiger partial charge in [0.15, 0.2) is 0 Å². The minimum absolute atomic E-state index is 0. The van der Waals surface area contributed by atoms with Crippen molar-refractivity contribution in [2.24, 2.45) is 0 Å². The van der Waals surface area contributed by atoms with E-state index in [1.165, 1.54) is 0 Å². The van der Waals surface area contributed by atoms with Crippen molar-refractivity contribution in [3.8, 4) is 0 Å². The monoisotopic (exact) mass is 340 g/mol. The Hall–Kier alpha value is 2.26. The zero-order chi connectivity index (χ0) is 5.41. The van der Waals surface area contributed by atoms with Crippen molar-refractivity contribution in [2.75, 3.05) is 0 Å². The molecule has 0 aliphatic rings. The minimum atomic E-state index is -0.363. The van der Waals surface area contributed by atoms with Crippen LogP contribution in [0.5, 0.6) is 0 Å². The second-order valence-corrected chi connectivity index (χ2v) is 7.25. The Morgan fingerprint density at radius 2 is 0.714 bits per heavy atom. The summed E-state index contributed by atoms with van der Waals surface area (Å²) in [4.78, 5) is 0. The van der Waals surface area contributed by atoms with Crippen LogP contribution >= 0.6 is 39.3 Å². The number of hydrogen-bond donors (Lipinski definition) is 0. The second-order valence-electron chi connectivity index (χ2n) is 0.136. The van der Waals surface area contributed by atoms with Crippen molar-refractivity contribution in [3.05, 3.63) is 0 Å². The summed E-state index contributed by atoms with van der Waals surface area (Å²) >= 11 is -0.727. The predicted molar refractivity (Wildman–Crippen MR) is 37.1 cm³/mol.